The quantitative estimate of drug-likeness (QED) is 0.563. The first kappa shape index (κ1) is 24.3. The molecule has 4 amide bonds. The summed E-state index contributed by atoms with van der Waals surface area (Å²) >= 11 is 0. The molecule has 2 heterocycles. The average Bonchev–Trinajstić information content (AvgIpc) is 3.07. The number of ether oxygens (including phenoxy) is 1. The summed E-state index contributed by atoms with van der Waals surface area (Å²) in [6.07, 6.45) is 0.492. The van der Waals surface area contributed by atoms with Crippen molar-refractivity contribution in [2.24, 2.45) is 0 Å². The van der Waals surface area contributed by atoms with Crippen LogP contribution in [-0.2, 0) is 4.79 Å². The second kappa shape index (κ2) is 10.2. The molecule has 1 saturated heterocycles. The highest BCUT2D eigenvalue weighted by molar-refractivity contribution is 6.21. The van der Waals surface area contributed by atoms with Gasteiger partial charge in [0.2, 0.25) is 5.91 Å². The first-order valence-electron chi connectivity index (χ1n) is 11.3. The van der Waals surface area contributed by atoms with Gasteiger partial charge in [-0.1, -0.05) is 23.8 Å². The van der Waals surface area contributed by atoms with Crippen LogP contribution in [0, 0.1) is 6.92 Å². The van der Waals surface area contributed by atoms with Crippen molar-refractivity contribution in [3.05, 3.63) is 64.7 Å². The number of fused-ring (bicyclic) bond motifs is 1. The van der Waals surface area contributed by atoms with E-state index in [1.165, 1.54) is 28.0 Å². The van der Waals surface area contributed by atoms with Crippen LogP contribution in [0.25, 0.3) is 0 Å². The number of piperazine rings is 1. The van der Waals surface area contributed by atoms with Crippen LogP contribution in [-0.4, -0.2) is 77.7 Å². The van der Waals surface area contributed by atoms with Crippen molar-refractivity contribution in [2.75, 3.05) is 32.7 Å². The molecule has 2 aliphatic heterocycles. The first-order chi connectivity index (χ1) is 16.8. The predicted molar refractivity (Wildman–Crippen MR) is 121 cm³/mol. The van der Waals surface area contributed by atoms with Crippen LogP contribution >= 0.6 is 0 Å². The fourth-order valence-electron chi connectivity index (χ4n) is 4.33. The molecular formula is C25H25F2N3O5. The lowest BCUT2D eigenvalue weighted by Gasteiger charge is -2.35. The van der Waals surface area contributed by atoms with Crippen molar-refractivity contribution in [2.45, 2.75) is 26.4 Å². The molecule has 0 bridgehead atoms. The molecular weight excluding hydrogens is 460 g/mol. The first-order valence-corrected chi connectivity index (χ1v) is 11.3. The van der Waals surface area contributed by atoms with E-state index in [1.807, 2.05) is 6.92 Å². The Hall–Kier alpha value is -3.82. The van der Waals surface area contributed by atoms with E-state index in [-0.39, 0.29) is 55.1 Å². The Bertz CT molecular complexity index is 1160. The lowest BCUT2D eigenvalue weighted by Crippen LogP contribution is -2.50. The lowest BCUT2D eigenvalue weighted by atomic mass is 10.1. The van der Waals surface area contributed by atoms with E-state index in [1.54, 1.807) is 29.2 Å². The standard InChI is InChI=1S/C25H25F2N3O5/c1-16-8-9-17-19(15-16)24(34)30(23(17)33)10-4-7-21(31)28-11-13-29(14-12-28)22(32)18-5-2-3-6-20(18)35-25(26)27/h2-3,5-6,8-9,15,25H,4,7,10-14H2,1H3. The van der Waals surface area contributed by atoms with Crippen molar-refractivity contribution in [1.82, 2.24) is 14.7 Å². The molecule has 0 radical (unpaired) electrons. The molecule has 4 rings (SSSR count). The van der Waals surface area contributed by atoms with Crippen LogP contribution in [0.3, 0.4) is 0 Å². The second-order valence-electron chi connectivity index (χ2n) is 8.46. The summed E-state index contributed by atoms with van der Waals surface area (Å²) in [5.41, 5.74) is 1.71. The number of para-hydroxylation sites is 1. The Balaban J connectivity index is 1.26. The zero-order valence-electron chi connectivity index (χ0n) is 19.2. The fraction of sp³-hybridized carbons (Fsp3) is 0.360. The number of imide groups is 1. The monoisotopic (exact) mass is 485 g/mol. The number of hydrogen-bond acceptors (Lipinski definition) is 5. The number of rotatable bonds is 7. The molecule has 0 aliphatic carbocycles. The second-order valence-corrected chi connectivity index (χ2v) is 8.46. The topological polar surface area (TPSA) is 87.2 Å². The van der Waals surface area contributed by atoms with E-state index >= 15 is 0 Å². The number of halogens is 2. The van der Waals surface area contributed by atoms with Gasteiger partial charge in [0, 0.05) is 39.1 Å². The molecule has 2 aromatic rings. The molecule has 8 nitrogen and oxygen atoms in total. The van der Waals surface area contributed by atoms with Crippen LogP contribution in [0.4, 0.5) is 8.78 Å². The molecule has 35 heavy (non-hydrogen) atoms. The Labute approximate surface area is 201 Å². The number of carbonyl (C=O) groups excluding carboxylic acids is 4. The zero-order valence-corrected chi connectivity index (χ0v) is 19.2. The Morgan fingerprint density at radius 2 is 1.60 bits per heavy atom. The number of carbonyl (C=O) groups is 4. The third-order valence-corrected chi connectivity index (χ3v) is 6.15. The van der Waals surface area contributed by atoms with Crippen molar-refractivity contribution >= 4 is 23.6 Å². The number of nitrogens with zero attached hydrogens (tertiary/aromatic N) is 3. The van der Waals surface area contributed by atoms with Gasteiger partial charge in [-0.2, -0.15) is 8.78 Å². The number of benzene rings is 2. The molecule has 0 spiro atoms. The maximum absolute atomic E-state index is 12.8. The van der Waals surface area contributed by atoms with E-state index in [0.717, 1.165) is 5.56 Å². The number of alkyl halides is 2. The minimum atomic E-state index is -3.04. The van der Waals surface area contributed by atoms with Gasteiger partial charge >= 0.3 is 6.61 Å². The van der Waals surface area contributed by atoms with Crippen molar-refractivity contribution in [3.8, 4) is 5.75 Å². The number of aryl methyl sites for hydroxylation is 1. The summed E-state index contributed by atoms with van der Waals surface area (Å²) in [5, 5.41) is 0. The summed E-state index contributed by atoms with van der Waals surface area (Å²) in [7, 11) is 0. The largest absolute Gasteiger partial charge is 0.434 e. The van der Waals surface area contributed by atoms with Gasteiger partial charge in [-0.3, -0.25) is 24.1 Å². The van der Waals surface area contributed by atoms with Gasteiger partial charge in [-0.05, 0) is 37.6 Å². The van der Waals surface area contributed by atoms with Crippen molar-refractivity contribution in [1.29, 1.82) is 0 Å². The highest BCUT2D eigenvalue weighted by Gasteiger charge is 2.35. The highest BCUT2D eigenvalue weighted by Crippen LogP contribution is 2.25. The van der Waals surface area contributed by atoms with Crippen LogP contribution in [0.1, 0.15) is 49.5 Å². The SMILES string of the molecule is Cc1ccc2c(c1)C(=O)N(CCCC(=O)N1CCN(C(=O)c3ccccc3OC(F)F)CC1)C2=O. The molecule has 0 saturated carbocycles. The van der Waals surface area contributed by atoms with Gasteiger partial charge in [0.25, 0.3) is 17.7 Å². The molecule has 2 aromatic carbocycles. The molecule has 2 aliphatic rings. The van der Waals surface area contributed by atoms with Gasteiger partial charge in [0.1, 0.15) is 5.75 Å². The summed E-state index contributed by atoms with van der Waals surface area (Å²) in [4.78, 5) is 54.8. The van der Waals surface area contributed by atoms with Gasteiger partial charge in [-0.15, -0.1) is 0 Å². The Kier molecular flexibility index (Phi) is 7.09. The maximum atomic E-state index is 12.8. The molecule has 184 valence electrons. The lowest BCUT2D eigenvalue weighted by molar-refractivity contribution is -0.132. The van der Waals surface area contributed by atoms with E-state index in [2.05, 4.69) is 4.74 Å². The highest BCUT2D eigenvalue weighted by atomic mass is 19.3. The molecule has 0 unspecified atom stereocenters. The van der Waals surface area contributed by atoms with E-state index in [9.17, 15) is 28.0 Å². The molecule has 0 atom stereocenters. The van der Waals surface area contributed by atoms with Crippen LogP contribution in [0.15, 0.2) is 42.5 Å². The van der Waals surface area contributed by atoms with Crippen LogP contribution in [0.5, 0.6) is 5.75 Å². The molecule has 10 heteroatoms. The third kappa shape index (κ3) is 5.16. The molecule has 0 aromatic heterocycles. The van der Waals surface area contributed by atoms with Gasteiger partial charge in [0.15, 0.2) is 0 Å². The summed E-state index contributed by atoms with van der Waals surface area (Å²) in [6, 6.07) is 10.9. The maximum Gasteiger partial charge on any atom is 0.387 e. The van der Waals surface area contributed by atoms with Gasteiger partial charge in [0.05, 0.1) is 16.7 Å². The van der Waals surface area contributed by atoms with E-state index in [0.29, 0.717) is 30.6 Å². The summed E-state index contributed by atoms with van der Waals surface area (Å²) in [5.74, 6) is -1.44. The van der Waals surface area contributed by atoms with Crippen LogP contribution in [0.2, 0.25) is 0 Å². The summed E-state index contributed by atoms with van der Waals surface area (Å²) in [6.45, 7) is 0.0714. The van der Waals surface area contributed by atoms with Gasteiger partial charge < -0.3 is 14.5 Å². The third-order valence-electron chi connectivity index (χ3n) is 6.15. The summed E-state index contributed by atoms with van der Waals surface area (Å²) < 4.78 is 29.7. The molecule has 1 fully saturated rings. The Morgan fingerprint density at radius 1 is 0.943 bits per heavy atom. The number of hydrogen-bond donors (Lipinski definition) is 0. The van der Waals surface area contributed by atoms with E-state index in [4.69, 9.17) is 0 Å². The minimum absolute atomic E-state index is 0.0451. The minimum Gasteiger partial charge on any atom is -0.434 e. The predicted octanol–water partition coefficient (Wildman–Crippen LogP) is 2.96. The smallest absolute Gasteiger partial charge is 0.387 e. The molecule has 0 N–H and O–H groups in total. The zero-order chi connectivity index (χ0) is 25.1. The van der Waals surface area contributed by atoms with Gasteiger partial charge in [-0.25, -0.2) is 0 Å². The Morgan fingerprint density at radius 3 is 2.31 bits per heavy atom. The van der Waals surface area contributed by atoms with Crippen molar-refractivity contribution < 1.29 is 32.7 Å². The van der Waals surface area contributed by atoms with E-state index < -0.39 is 12.5 Å². The fourth-order valence-corrected chi connectivity index (χ4v) is 4.33. The van der Waals surface area contributed by atoms with Crippen LogP contribution < -0.4 is 4.74 Å². The average molecular weight is 485 g/mol. The van der Waals surface area contributed by atoms with Crippen molar-refractivity contribution in [3.63, 3.8) is 0 Å². The normalized spacial score (nSPS) is 15.6. The number of amides is 4.